The second-order valence-electron chi connectivity index (χ2n) is 10.5. The summed E-state index contributed by atoms with van der Waals surface area (Å²) in [6.07, 6.45) is -0.111. The van der Waals surface area contributed by atoms with Gasteiger partial charge in [0.15, 0.2) is 29.1 Å². The SMILES string of the molecule is CC(=O)c1ccc2c(c1)C[C@@H](O)[C@@H]2NC(=O)c1cc(C(=O)NCc2ccc3c(c2)CC(=O)C(C)O3)nc2c(F)cnn12. The number of benzene rings is 2. The van der Waals surface area contributed by atoms with Gasteiger partial charge < -0.3 is 20.5 Å². The molecular weight excluding hydrogens is 545 g/mol. The summed E-state index contributed by atoms with van der Waals surface area (Å²) < 4.78 is 21.1. The molecule has 2 aliphatic rings. The van der Waals surface area contributed by atoms with Gasteiger partial charge in [-0.3, -0.25) is 19.2 Å². The Labute approximate surface area is 238 Å². The molecule has 1 unspecified atom stereocenters. The van der Waals surface area contributed by atoms with E-state index in [1.54, 1.807) is 43.3 Å². The van der Waals surface area contributed by atoms with Crippen molar-refractivity contribution in [2.75, 3.05) is 0 Å². The zero-order valence-corrected chi connectivity index (χ0v) is 22.7. The van der Waals surface area contributed by atoms with Gasteiger partial charge >= 0.3 is 0 Å². The first-order valence-corrected chi connectivity index (χ1v) is 13.4. The fourth-order valence-corrected chi connectivity index (χ4v) is 5.31. The lowest BCUT2D eigenvalue weighted by Gasteiger charge is -2.22. The van der Waals surface area contributed by atoms with Gasteiger partial charge in [0.25, 0.3) is 11.8 Å². The topological polar surface area (TPSA) is 152 Å². The Morgan fingerprint density at radius 1 is 1.12 bits per heavy atom. The number of carbonyl (C=O) groups is 4. The number of carbonyl (C=O) groups excluding carboxylic acids is 4. The van der Waals surface area contributed by atoms with Gasteiger partial charge in [-0.05, 0) is 48.7 Å². The summed E-state index contributed by atoms with van der Waals surface area (Å²) in [5.41, 5.74) is 2.63. The molecule has 3 heterocycles. The van der Waals surface area contributed by atoms with Crippen LogP contribution < -0.4 is 15.4 Å². The predicted octanol–water partition coefficient (Wildman–Crippen LogP) is 2.28. The first-order valence-electron chi connectivity index (χ1n) is 13.4. The molecule has 2 aromatic heterocycles. The number of hydrogen-bond acceptors (Lipinski definition) is 8. The highest BCUT2D eigenvalue weighted by Crippen LogP contribution is 2.33. The third-order valence-corrected chi connectivity index (χ3v) is 7.58. The molecule has 2 amide bonds. The van der Waals surface area contributed by atoms with E-state index in [-0.39, 0.29) is 48.0 Å². The number of fused-ring (bicyclic) bond motifs is 3. The van der Waals surface area contributed by atoms with E-state index in [9.17, 15) is 28.7 Å². The summed E-state index contributed by atoms with van der Waals surface area (Å²) >= 11 is 0. The van der Waals surface area contributed by atoms with Crippen molar-refractivity contribution in [3.05, 3.63) is 93.7 Å². The van der Waals surface area contributed by atoms with Crippen LogP contribution in [-0.2, 0) is 24.2 Å². The standard InChI is InChI=1S/C30H26FN5O6/c1-14(37)17-4-5-20-18(8-17)9-25(39)27(20)35-30(41)23-11-22(34-28-21(31)13-33-36(23)28)29(40)32-12-16-3-6-26-19(7-16)10-24(38)15(2)42-26/h3-8,11,13,15,25,27,39H,9-10,12H2,1-2H3,(H,32,40)(H,35,41)/t15?,25-,27-/m1/s1. The molecule has 0 spiro atoms. The number of halogens is 1. The van der Waals surface area contributed by atoms with Crippen molar-refractivity contribution in [2.24, 2.45) is 0 Å². The van der Waals surface area contributed by atoms with Crippen LogP contribution >= 0.6 is 0 Å². The van der Waals surface area contributed by atoms with Crippen molar-refractivity contribution in [1.29, 1.82) is 0 Å². The van der Waals surface area contributed by atoms with Crippen molar-refractivity contribution in [2.45, 2.75) is 51.5 Å². The van der Waals surface area contributed by atoms with Crippen LogP contribution in [0.2, 0.25) is 0 Å². The second kappa shape index (κ2) is 10.5. The van der Waals surface area contributed by atoms with Crippen LogP contribution in [0.25, 0.3) is 5.65 Å². The largest absolute Gasteiger partial charge is 0.483 e. The Bertz CT molecular complexity index is 1800. The lowest BCUT2D eigenvalue weighted by atomic mass is 9.99. The molecule has 0 saturated heterocycles. The maximum Gasteiger partial charge on any atom is 0.270 e. The zero-order valence-electron chi connectivity index (χ0n) is 22.7. The number of rotatable bonds is 6. The quantitative estimate of drug-likeness (QED) is 0.298. The molecular formula is C30H26FN5O6. The number of ether oxygens (including phenoxy) is 1. The normalized spacial score (nSPS) is 19.1. The highest BCUT2D eigenvalue weighted by atomic mass is 19.1. The Morgan fingerprint density at radius 3 is 2.71 bits per heavy atom. The fraction of sp³-hybridized carbons (Fsp3) is 0.267. The number of aliphatic hydroxyl groups excluding tert-OH is 1. The molecule has 12 heteroatoms. The molecule has 42 heavy (non-hydrogen) atoms. The van der Waals surface area contributed by atoms with Crippen LogP contribution in [0.1, 0.15) is 73.5 Å². The smallest absolute Gasteiger partial charge is 0.270 e. The number of nitrogens with zero attached hydrogens (tertiary/aromatic N) is 3. The van der Waals surface area contributed by atoms with Crippen LogP contribution in [0.15, 0.2) is 48.7 Å². The van der Waals surface area contributed by atoms with E-state index in [4.69, 9.17) is 4.74 Å². The predicted molar refractivity (Wildman–Crippen MR) is 146 cm³/mol. The number of ketones is 2. The molecule has 214 valence electrons. The van der Waals surface area contributed by atoms with Crippen molar-refractivity contribution in [3.63, 3.8) is 0 Å². The van der Waals surface area contributed by atoms with Crippen LogP contribution in [0, 0.1) is 5.82 Å². The van der Waals surface area contributed by atoms with Crippen LogP contribution in [0.4, 0.5) is 4.39 Å². The maximum absolute atomic E-state index is 14.6. The first-order chi connectivity index (χ1) is 20.1. The van der Waals surface area contributed by atoms with Crippen molar-refractivity contribution in [3.8, 4) is 5.75 Å². The number of aliphatic hydroxyl groups is 1. The molecule has 3 atom stereocenters. The summed E-state index contributed by atoms with van der Waals surface area (Å²) in [5, 5.41) is 20.1. The third kappa shape index (κ3) is 4.90. The van der Waals surface area contributed by atoms with Gasteiger partial charge in [0, 0.05) is 36.6 Å². The lowest BCUT2D eigenvalue weighted by molar-refractivity contribution is -0.125. The summed E-state index contributed by atoms with van der Waals surface area (Å²) in [4.78, 5) is 54.4. The van der Waals surface area contributed by atoms with Crippen molar-refractivity contribution >= 4 is 29.0 Å². The average molecular weight is 572 g/mol. The number of amides is 2. The van der Waals surface area contributed by atoms with E-state index in [1.807, 2.05) is 0 Å². The van der Waals surface area contributed by atoms with E-state index >= 15 is 0 Å². The van der Waals surface area contributed by atoms with Gasteiger partial charge in [0.1, 0.15) is 17.1 Å². The number of aromatic nitrogens is 3. The van der Waals surface area contributed by atoms with E-state index < -0.39 is 35.9 Å². The molecule has 0 fully saturated rings. The Kier molecular flexibility index (Phi) is 6.77. The molecule has 0 radical (unpaired) electrons. The van der Waals surface area contributed by atoms with Gasteiger partial charge in [0.2, 0.25) is 0 Å². The number of hydrogen-bond donors (Lipinski definition) is 3. The molecule has 4 aromatic rings. The molecule has 0 bridgehead atoms. The van der Waals surface area contributed by atoms with E-state index in [0.29, 0.717) is 22.4 Å². The molecule has 0 saturated carbocycles. The minimum absolute atomic E-state index is 0.0377. The van der Waals surface area contributed by atoms with Crippen molar-refractivity contribution < 1.29 is 33.4 Å². The lowest BCUT2D eigenvalue weighted by Crippen LogP contribution is -2.35. The van der Waals surface area contributed by atoms with Gasteiger partial charge in [0.05, 0.1) is 18.3 Å². The van der Waals surface area contributed by atoms with Gasteiger partial charge in [-0.25, -0.2) is 13.9 Å². The van der Waals surface area contributed by atoms with Crippen molar-refractivity contribution in [1.82, 2.24) is 25.2 Å². The first kappa shape index (κ1) is 27.2. The molecule has 11 nitrogen and oxygen atoms in total. The van der Waals surface area contributed by atoms with Gasteiger partial charge in [-0.1, -0.05) is 18.2 Å². The van der Waals surface area contributed by atoms with Crippen LogP contribution in [0.3, 0.4) is 0 Å². The Balaban J connectivity index is 1.23. The zero-order chi connectivity index (χ0) is 29.7. The monoisotopic (exact) mass is 571 g/mol. The average Bonchev–Trinajstić information content (AvgIpc) is 3.49. The Morgan fingerprint density at radius 2 is 1.93 bits per heavy atom. The van der Waals surface area contributed by atoms with Crippen LogP contribution in [-0.4, -0.2) is 55.3 Å². The summed E-state index contributed by atoms with van der Waals surface area (Å²) in [6.45, 7) is 3.22. The second-order valence-corrected chi connectivity index (χ2v) is 10.5. The minimum atomic E-state index is -0.957. The summed E-state index contributed by atoms with van der Waals surface area (Å²) in [5.74, 6) is -1.73. The fourth-order valence-electron chi connectivity index (χ4n) is 5.31. The summed E-state index contributed by atoms with van der Waals surface area (Å²) in [6, 6.07) is 10.7. The Hall–Kier alpha value is -4.97. The van der Waals surface area contributed by atoms with Crippen LogP contribution in [0.5, 0.6) is 5.75 Å². The van der Waals surface area contributed by atoms with Gasteiger partial charge in [-0.15, -0.1) is 0 Å². The highest BCUT2D eigenvalue weighted by molar-refractivity contribution is 5.98. The highest BCUT2D eigenvalue weighted by Gasteiger charge is 2.34. The molecule has 2 aromatic carbocycles. The van der Waals surface area contributed by atoms with E-state index in [2.05, 4.69) is 20.7 Å². The van der Waals surface area contributed by atoms with Gasteiger partial charge in [-0.2, -0.15) is 5.10 Å². The maximum atomic E-state index is 14.6. The molecule has 1 aliphatic carbocycles. The molecule has 6 rings (SSSR count). The minimum Gasteiger partial charge on any atom is -0.483 e. The number of nitrogens with one attached hydrogen (secondary N) is 2. The van der Waals surface area contributed by atoms with E-state index in [1.165, 1.54) is 13.0 Å². The third-order valence-electron chi connectivity index (χ3n) is 7.58. The molecule has 1 aliphatic heterocycles. The van der Waals surface area contributed by atoms with E-state index in [0.717, 1.165) is 21.8 Å². The number of Topliss-reactive ketones (excluding diaryl/α,β-unsaturated/α-hetero) is 2. The summed E-state index contributed by atoms with van der Waals surface area (Å²) in [7, 11) is 0. The molecule has 3 N–H and O–H groups in total.